The molecule has 0 atom stereocenters. The van der Waals surface area contributed by atoms with Crippen LogP contribution in [0.3, 0.4) is 0 Å². The highest BCUT2D eigenvalue weighted by molar-refractivity contribution is 7.92. The molecule has 1 N–H and O–H groups in total. The minimum absolute atomic E-state index is 0.381. The molecular formula is C21H27N3O5S. The van der Waals surface area contributed by atoms with Gasteiger partial charge >= 0.3 is 0 Å². The summed E-state index contributed by atoms with van der Waals surface area (Å²) in [6.45, 7) is 3.42. The maximum atomic E-state index is 12.4. The molecule has 0 saturated heterocycles. The largest absolute Gasteiger partial charge is 0.493 e. The Hall–Kier alpha value is -3.07. The van der Waals surface area contributed by atoms with E-state index >= 15 is 0 Å². The fourth-order valence-corrected chi connectivity index (χ4v) is 3.63. The number of aryl methyl sites for hydroxylation is 1. The van der Waals surface area contributed by atoms with E-state index in [1.54, 1.807) is 43.5 Å². The van der Waals surface area contributed by atoms with Gasteiger partial charge in [-0.1, -0.05) is 24.6 Å². The Balaban J connectivity index is 2.20. The van der Waals surface area contributed by atoms with Crippen LogP contribution in [0.25, 0.3) is 0 Å². The minimum atomic E-state index is -3.65. The van der Waals surface area contributed by atoms with Gasteiger partial charge < -0.3 is 9.47 Å². The van der Waals surface area contributed by atoms with Crippen LogP contribution in [0.15, 0.2) is 47.6 Å². The van der Waals surface area contributed by atoms with Gasteiger partial charge in [0.05, 0.1) is 31.9 Å². The lowest BCUT2D eigenvalue weighted by atomic mass is 10.1. The molecular weight excluding hydrogens is 406 g/mol. The number of hydrogen-bond donors (Lipinski definition) is 1. The average Bonchev–Trinajstić information content (AvgIpc) is 2.72. The lowest BCUT2D eigenvalue weighted by Gasteiger charge is -2.21. The summed E-state index contributed by atoms with van der Waals surface area (Å²) in [6.07, 6.45) is 1.61. The normalized spacial score (nSPS) is 11.7. The molecule has 1 amide bonds. The summed E-state index contributed by atoms with van der Waals surface area (Å²) in [4.78, 5) is 12.4. The van der Waals surface area contributed by atoms with Crippen LogP contribution in [-0.2, 0) is 14.8 Å². The number of carbonyl (C=O) groups excluding carboxylic acids is 1. The molecule has 2 rings (SSSR count). The Morgan fingerprint density at radius 1 is 1.07 bits per heavy atom. The third-order valence-corrected chi connectivity index (χ3v) is 5.52. The number of carbonyl (C=O) groups is 1. The molecule has 0 saturated carbocycles. The topological polar surface area (TPSA) is 97.3 Å². The highest BCUT2D eigenvalue weighted by atomic mass is 32.2. The van der Waals surface area contributed by atoms with E-state index in [0.717, 1.165) is 21.7 Å². The molecule has 162 valence electrons. The standard InChI is InChI=1S/C21H27N3O5S/c1-6-18(16-9-12-19(28-3)20(13-16)29-4)22-23-21(25)14-24(30(5,26)27)17-10-7-15(2)8-11-17/h7-13H,6,14H2,1-5H3,(H,23,25)/b22-18-. The minimum Gasteiger partial charge on any atom is -0.493 e. The van der Waals surface area contributed by atoms with Gasteiger partial charge in [0, 0.05) is 5.56 Å². The summed E-state index contributed by atoms with van der Waals surface area (Å²) < 4.78 is 35.9. The average molecular weight is 434 g/mol. The number of hydrogen-bond acceptors (Lipinski definition) is 6. The molecule has 9 heteroatoms. The van der Waals surface area contributed by atoms with E-state index in [1.807, 2.05) is 19.9 Å². The predicted octanol–water partition coefficient (Wildman–Crippen LogP) is 2.71. The maximum absolute atomic E-state index is 12.4. The molecule has 0 aliphatic rings. The number of hydrazone groups is 1. The monoisotopic (exact) mass is 433 g/mol. The summed E-state index contributed by atoms with van der Waals surface area (Å²) in [5.74, 6) is 0.583. The molecule has 2 aromatic rings. The van der Waals surface area contributed by atoms with Crippen molar-refractivity contribution in [2.24, 2.45) is 5.10 Å². The van der Waals surface area contributed by atoms with Gasteiger partial charge in [0.2, 0.25) is 10.0 Å². The molecule has 8 nitrogen and oxygen atoms in total. The molecule has 0 bridgehead atoms. The highest BCUT2D eigenvalue weighted by Gasteiger charge is 2.20. The zero-order chi connectivity index (χ0) is 22.3. The number of nitrogens with zero attached hydrogens (tertiary/aromatic N) is 2. The second-order valence-electron chi connectivity index (χ2n) is 6.62. The summed E-state index contributed by atoms with van der Waals surface area (Å²) in [5.41, 5.74) is 5.23. The van der Waals surface area contributed by atoms with Crippen LogP contribution in [0, 0.1) is 6.92 Å². The Morgan fingerprint density at radius 2 is 1.70 bits per heavy atom. The van der Waals surface area contributed by atoms with Gasteiger partial charge in [-0.2, -0.15) is 5.10 Å². The van der Waals surface area contributed by atoms with Crippen molar-refractivity contribution in [3.63, 3.8) is 0 Å². The molecule has 0 unspecified atom stereocenters. The van der Waals surface area contributed by atoms with Gasteiger partial charge in [-0.05, 0) is 43.7 Å². The summed E-state index contributed by atoms with van der Waals surface area (Å²) >= 11 is 0. The zero-order valence-electron chi connectivity index (χ0n) is 17.8. The number of ether oxygens (including phenoxy) is 2. The van der Waals surface area contributed by atoms with Crippen LogP contribution in [0.2, 0.25) is 0 Å². The van der Waals surface area contributed by atoms with Gasteiger partial charge in [0.1, 0.15) is 6.54 Å². The van der Waals surface area contributed by atoms with Crippen LogP contribution in [0.5, 0.6) is 11.5 Å². The first-order valence-electron chi connectivity index (χ1n) is 9.31. The molecule has 2 aromatic carbocycles. The van der Waals surface area contributed by atoms with E-state index in [2.05, 4.69) is 10.5 Å². The van der Waals surface area contributed by atoms with E-state index in [0.29, 0.717) is 29.3 Å². The molecule has 0 aliphatic carbocycles. The Labute approximate surface area is 177 Å². The fourth-order valence-electron chi connectivity index (χ4n) is 2.77. The number of methoxy groups -OCH3 is 2. The molecule has 0 heterocycles. The SMILES string of the molecule is CC/C(=N/NC(=O)CN(c1ccc(C)cc1)S(C)(=O)=O)c1ccc(OC)c(OC)c1. The Bertz CT molecular complexity index is 1020. The van der Waals surface area contributed by atoms with Gasteiger partial charge in [-0.3, -0.25) is 9.10 Å². The van der Waals surface area contributed by atoms with Gasteiger partial charge in [0.15, 0.2) is 11.5 Å². The maximum Gasteiger partial charge on any atom is 0.260 e. The third kappa shape index (κ3) is 5.96. The number of amides is 1. The molecule has 0 fully saturated rings. The second kappa shape index (κ2) is 10.1. The first-order chi connectivity index (χ1) is 14.2. The quantitative estimate of drug-likeness (QED) is 0.484. The molecule has 30 heavy (non-hydrogen) atoms. The fraction of sp³-hybridized carbons (Fsp3) is 0.333. The number of nitrogens with one attached hydrogen (secondary N) is 1. The molecule has 0 aliphatic heterocycles. The first-order valence-corrected chi connectivity index (χ1v) is 11.2. The van der Waals surface area contributed by atoms with Crippen molar-refractivity contribution in [3.05, 3.63) is 53.6 Å². The number of rotatable bonds is 9. The Kier molecular flexibility index (Phi) is 7.82. The summed E-state index contributed by atoms with van der Waals surface area (Å²) in [5, 5.41) is 4.19. The van der Waals surface area contributed by atoms with Crippen LogP contribution < -0.4 is 19.2 Å². The van der Waals surface area contributed by atoms with E-state index < -0.39 is 15.9 Å². The van der Waals surface area contributed by atoms with Gasteiger partial charge in [-0.25, -0.2) is 13.8 Å². The van der Waals surface area contributed by atoms with E-state index in [1.165, 1.54) is 7.11 Å². The van der Waals surface area contributed by atoms with Crippen molar-refractivity contribution >= 4 is 27.3 Å². The van der Waals surface area contributed by atoms with E-state index in [4.69, 9.17) is 9.47 Å². The van der Waals surface area contributed by atoms with Crippen molar-refractivity contribution in [1.29, 1.82) is 0 Å². The lowest BCUT2D eigenvalue weighted by molar-refractivity contribution is -0.119. The van der Waals surface area contributed by atoms with Crippen LogP contribution in [-0.4, -0.2) is 47.1 Å². The van der Waals surface area contributed by atoms with Crippen molar-refractivity contribution in [2.75, 3.05) is 31.3 Å². The molecule has 0 spiro atoms. The lowest BCUT2D eigenvalue weighted by Crippen LogP contribution is -2.39. The van der Waals surface area contributed by atoms with Crippen molar-refractivity contribution < 1.29 is 22.7 Å². The number of anilines is 1. The van der Waals surface area contributed by atoms with Gasteiger partial charge in [-0.15, -0.1) is 0 Å². The van der Waals surface area contributed by atoms with E-state index in [-0.39, 0.29) is 6.54 Å². The smallest absolute Gasteiger partial charge is 0.260 e. The molecule has 0 aromatic heterocycles. The summed E-state index contributed by atoms with van der Waals surface area (Å²) in [7, 11) is -0.557. The van der Waals surface area contributed by atoms with Crippen molar-refractivity contribution in [3.8, 4) is 11.5 Å². The highest BCUT2D eigenvalue weighted by Crippen LogP contribution is 2.28. The second-order valence-corrected chi connectivity index (χ2v) is 8.53. The van der Waals surface area contributed by atoms with Gasteiger partial charge in [0.25, 0.3) is 5.91 Å². The first kappa shape index (κ1) is 23.2. The Morgan fingerprint density at radius 3 is 2.23 bits per heavy atom. The zero-order valence-corrected chi connectivity index (χ0v) is 18.6. The predicted molar refractivity (Wildman–Crippen MR) is 118 cm³/mol. The van der Waals surface area contributed by atoms with E-state index in [9.17, 15) is 13.2 Å². The van der Waals surface area contributed by atoms with Crippen LogP contribution in [0.4, 0.5) is 5.69 Å². The third-order valence-electron chi connectivity index (χ3n) is 4.38. The number of benzene rings is 2. The van der Waals surface area contributed by atoms with Crippen LogP contribution >= 0.6 is 0 Å². The summed E-state index contributed by atoms with van der Waals surface area (Å²) in [6, 6.07) is 12.2. The van der Waals surface area contributed by atoms with Crippen molar-refractivity contribution in [1.82, 2.24) is 5.43 Å². The molecule has 0 radical (unpaired) electrons. The number of sulfonamides is 1. The van der Waals surface area contributed by atoms with Crippen LogP contribution in [0.1, 0.15) is 24.5 Å². The van der Waals surface area contributed by atoms with Crippen molar-refractivity contribution in [2.45, 2.75) is 20.3 Å².